The Kier molecular flexibility index (Phi) is 6.03. The van der Waals surface area contributed by atoms with E-state index < -0.39 is 0 Å². The molecule has 2 aromatic rings. The lowest BCUT2D eigenvalue weighted by Crippen LogP contribution is -2.56. The molecule has 0 unspecified atom stereocenters. The van der Waals surface area contributed by atoms with Gasteiger partial charge in [0, 0.05) is 24.7 Å². The highest BCUT2D eigenvalue weighted by Gasteiger charge is 2.32. The minimum Gasteiger partial charge on any atom is -0.483 e. The largest absolute Gasteiger partial charge is 0.483 e. The van der Waals surface area contributed by atoms with Crippen LogP contribution >= 0.6 is 0 Å². The molecule has 1 aliphatic heterocycles. The maximum Gasteiger partial charge on any atom is 0.339 e. The summed E-state index contributed by atoms with van der Waals surface area (Å²) in [5, 5.41) is 0.702. The normalized spacial score (nSPS) is 18.0. The molecule has 7 nitrogen and oxygen atoms in total. The maximum absolute atomic E-state index is 12.8. The van der Waals surface area contributed by atoms with E-state index in [1.54, 1.807) is 17.9 Å². The molecule has 1 saturated carbocycles. The lowest BCUT2D eigenvalue weighted by molar-refractivity contribution is -0.148. The van der Waals surface area contributed by atoms with E-state index in [4.69, 9.17) is 9.15 Å². The van der Waals surface area contributed by atoms with E-state index in [-0.39, 0.29) is 30.6 Å². The Bertz CT molecular complexity index is 1070. The minimum absolute atomic E-state index is 0.0285. The third-order valence-electron chi connectivity index (χ3n) is 6.63. The predicted octanol–water partition coefficient (Wildman–Crippen LogP) is 3.10. The van der Waals surface area contributed by atoms with Crippen molar-refractivity contribution in [3.8, 4) is 5.75 Å². The zero-order valence-electron chi connectivity index (χ0n) is 18.5. The van der Waals surface area contributed by atoms with Crippen molar-refractivity contribution in [3.05, 3.63) is 39.2 Å². The Balaban J connectivity index is 1.45. The van der Waals surface area contributed by atoms with Gasteiger partial charge in [0.05, 0.1) is 11.9 Å². The number of piperazine rings is 1. The number of ether oxygens (including phenoxy) is 1. The lowest BCUT2D eigenvalue weighted by Gasteiger charge is -2.40. The van der Waals surface area contributed by atoms with Gasteiger partial charge in [-0.15, -0.1) is 0 Å². The summed E-state index contributed by atoms with van der Waals surface area (Å²) in [5.41, 5.74) is 2.26. The fourth-order valence-electron chi connectivity index (χ4n) is 4.71. The quantitative estimate of drug-likeness (QED) is 0.702. The van der Waals surface area contributed by atoms with Gasteiger partial charge in [-0.1, -0.05) is 19.3 Å². The number of hydrogen-bond acceptors (Lipinski definition) is 5. The van der Waals surface area contributed by atoms with Crippen molar-refractivity contribution in [1.29, 1.82) is 0 Å². The number of nitrogens with zero attached hydrogens (tertiary/aromatic N) is 2. The van der Waals surface area contributed by atoms with E-state index in [2.05, 4.69) is 0 Å². The van der Waals surface area contributed by atoms with Crippen LogP contribution in [0.2, 0.25) is 0 Å². The molecule has 0 atom stereocenters. The van der Waals surface area contributed by atoms with Crippen molar-refractivity contribution in [2.24, 2.45) is 0 Å². The monoisotopic (exact) mass is 426 g/mol. The molecule has 0 radical (unpaired) electrons. The summed E-state index contributed by atoms with van der Waals surface area (Å²) in [4.78, 5) is 41.0. The number of benzene rings is 1. The summed E-state index contributed by atoms with van der Waals surface area (Å²) in [7, 11) is 0. The second-order valence-corrected chi connectivity index (χ2v) is 8.76. The fraction of sp³-hybridized carbons (Fsp3) is 0.542. The predicted molar refractivity (Wildman–Crippen MR) is 117 cm³/mol. The SMILES string of the molecule is Cc1cc(OCC(=O)N2CCN(C3CCCCC3)C(=O)C2)c2c(C)c(C)c(=O)oc2c1. The van der Waals surface area contributed by atoms with Crippen molar-refractivity contribution in [1.82, 2.24) is 9.80 Å². The van der Waals surface area contributed by atoms with Crippen LogP contribution in [0.25, 0.3) is 11.0 Å². The topological polar surface area (TPSA) is 80.1 Å². The minimum atomic E-state index is -0.369. The molecule has 2 fully saturated rings. The van der Waals surface area contributed by atoms with E-state index in [0.29, 0.717) is 41.4 Å². The third kappa shape index (κ3) is 4.31. The molecule has 1 aromatic carbocycles. The first-order valence-electron chi connectivity index (χ1n) is 11.1. The molecule has 1 saturated heterocycles. The number of carbonyl (C=O) groups excluding carboxylic acids is 2. The van der Waals surface area contributed by atoms with E-state index in [9.17, 15) is 14.4 Å². The maximum atomic E-state index is 12.8. The van der Waals surface area contributed by atoms with Crippen LogP contribution in [0.4, 0.5) is 0 Å². The summed E-state index contributed by atoms with van der Waals surface area (Å²) < 4.78 is 11.3. The van der Waals surface area contributed by atoms with Gasteiger partial charge < -0.3 is 19.0 Å². The third-order valence-corrected chi connectivity index (χ3v) is 6.63. The smallest absolute Gasteiger partial charge is 0.339 e. The molecule has 1 aromatic heterocycles. The Hall–Kier alpha value is -2.83. The molecule has 166 valence electrons. The van der Waals surface area contributed by atoms with Crippen molar-refractivity contribution >= 4 is 22.8 Å². The summed E-state index contributed by atoms with van der Waals surface area (Å²) in [6.07, 6.45) is 5.73. The molecule has 1 aliphatic carbocycles. The molecule has 0 N–H and O–H groups in total. The highest BCUT2D eigenvalue weighted by Crippen LogP contribution is 2.31. The first-order chi connectivity index (χ1) is 14.8. The Morgan fingerprint density at radius 2 is 1.81 bits per heavy atom. The molecule has 2 heterocycles. The van der Waals surface area contributed by atoms with Gasteiger partial charge in [0.15, 0.2) is 6.61 Å². The number of amides is 2. The number of rotatable bonds is 4. The van der Waals surface area contributed by atoms with Crippen LogP contribution in [-0.2, 0) is 9.59 Å². The summed E-state index contributed by atoms with van der Waals surface area (Å²) in [6.45, 7) is 6.52. The van der Waals surface area contributed by atoms with Gasteiger partial charge in [0.2, 0.25) is 5.91 Å². The summed E-state index contributed by atoms with van der Waals surface area (Å²) >= 11 is 0. The van der Waals surface area contributed by atoms with Gasteiger partial charge in [0.1, 0.15) is 11.3 Å². The summed E-state index contributed by atoms with van der Waals surface area (Å²) in [6, 6.07) is 3.96. The molecule has 2 amide bonds. The van der Waals surface area contributed by atoms with Crippen molar-refractivity contribution in [3.63, 3.8) is 0 Å². The Morgan fingerprint density at radius 1 is 1.06 bits per heavy atom. The zero-order valence-corrected chi connectivity index (χ0v) is 18.5. The van der Waals surface area contributed by atoms with Crippen molar-refractivity contribution < 1.29 is 18.7 Å². The molecule has 31 heavy (non-hydrogen) atoms. The van der Waals surface area contributed by atoms with Crippen LogP contribution in [0, 0.1) is 20.8 Å². The van der Waals surface area contributed by atoms with Crippen LogP contribution in [0.1, 0.15) is 48.8 Å². The molecular formula is C24H30N2O5. The van der Waals surface area contributed by atoms with E-state index in [1.165, 1.54) is 19.3 Å². The standard InChI is InChI=1S/C24H30N2O5/c1-15-11-19(23-16(2)17(3)24(29)31-20(23)12-15)30-14-22(28)25-9-10-26(21(27)13-25)18-7-5-4-6-8-18/h11-12,18H,4-10,13-14H2,1-3H3. The van der Waals surface area contributed by atoms with E-state index >= 15 is 0 Å². The Labute approximate surface area is 181 Å². The first kappa shape index (κ1) is 21.4. The average molecular weight is 427 g/mol. The highest BCUT2D eigenvalue weighted by atomic mass is 16.5. The lowest BCUT2D eigenvalue weighted by atomic mass is 9.93. The summed E-state index contributed by atoms with van der Waals surface area (Å²) in [5.74, 6) is 0.332. The Morgan fingerprint density at radius 3 is 2.52 bits per heavy atom. The van der Waals surface area contributed by atoms with Gasteiger partial charge in [-0.2, -0.15) is 0 Å². The number of aryl methyl sites for hydroxylation is 2. The fourth-order valence-corrected chi connectivity index (χ4v) is 4.71. The van der Waals surface area contributed by atoms with Crippen LogP contribution in [0.3, 0.4) is 0 Å². The number of carbonyl (C=O) groups is 2. The van der Waals surface area contributed by atoms with E-state index in [0.717, 1.165) is 24.0 Å². The average Bonchev–Trinajstić information content (AvgIpc) is 2.76. The highest BCUT2D eigenvalue weighted by molar-refractivity contribution is 5.89. The number of hydrogen-bond donors (Lipinski definition) is 0. The molecule has 0 bridgehead atoms. The van der Waals surface area contributed by atoms with Crippen LogP contribution in [0.15, 0.2) is 21.3 Å². The van der Waals surface area contributed by atoms with Crippen molar-refractivity contribution in [2.45, 2.75) is 58.9 Å². The van der Waals surface area contributed by atoms with Crippen LogP contribution < -0.4 is 10.4 Å². The van der Waals surface area contributed by atoms with Crippen LogP contribution in [0.5, 0.6) is 5.75 Å². The van der Waals surface area contributed by atoms with Gasteiger partial charge in [0.25, 0.3) is 5.91 Å². The molecule has 0 spiro atoms. The van der Waals surface area contributed by atoms with Gasteiger partial charge in [-0.25, -0.2) is 4.79 Å². The van der Waals surface area contributed by atoms with Gasteiger partial charge in [-0.05, 0) is 56.9 Å². The van der Waals surface area contributed by atoms with E-state index in [1.807, 2.05) is 24.8 Å². The van der Waals surface area contributed by atoms with Gasteiger partial charge in [-0.3, -0.25) is 9.59 Å². The molecule has 7 heteroatoms. The first-order valence-corrected chi connectivity index (χ1v) is 11.1. The van der Waals surface area contributed by atoms with Crippen molar-refractivity contribution in [2.75, 3.05) is 26.2 Å². The second kappa shape index (κ2) is 8.73. The molecule has 2 aliphatic rings. The zero-order chi connectivity index (χ0) is 22.1. The second-order valence-electron chi connectivity index (χ2n) is 8.76. The molecular weight excluding hydrogens is 396 g/mol. The molecule has 4 rings (SSSR count). The van der Waals surface area contributed by atoms with Gasteiger partial charge >= 0.3 is 5.63 Å². The van der Waals surface area contributed by atoms with Crippen LogP contribution in [-0.4, -0.2) is 53.9 Å². The number of fused-ring (bicyclic) bond motifs is 1.